The van der Waals surface area contributed by atoms with Crippen LogP contribution in [0.4, 0.5) is 5.00 Å². The number of aromatic nitrogens is 2. The third kappa shape index (κ3) is 1.68. The molecule has 1 unspecified atom stereocenters. The molecule has 1 aliphatic heterocycles. The van der Waals surface area contributed by atoms with Gasteiger partial charge in [0.2, 0.25) is 5.78 Å². The van der Waals surface area contributed by atoms with E-state index in [0.29, 0.717) is 29.2 Å². The van der Waals surface area contributed by atoms with Gasteiger partial charge in [0.25, 0.3) is 5.91 Å². The molecule has 0 bridgehead atoms. The van der Waals surface area contributed by atoms with Gasteiger partial charge in [-0.15, -0.1) is 11.3 Å². The number of primary amides is 1. The summed E-state index contributed by atoms with van der Waals surface area (Å²) in [6.45, 7) is 0.805. The number of carbonyl (C=O) groups excluding carboxylic acids is 2. The third-order valence-corrected chi connectivity index (χ3v) is 6.01. The van der Waals surface area contributed by atoms with Crippen LogP contribution < -0.4 is 11.5 Å². The fourth-order valence-corrected chi connectivity index (χ4v) is 5.03. The molecule has 114 valence electrons. The standard InChI is InChI=1S/C15H16N4O2S/c16-12(21)10-8-1-2-15(7-9(8)22-13(10)17)3-5-19-6-4-18-14(19)11(15)20/h4,6H,1-3,5,7,17H2,(H2,16,21). The number of hydrogen-bond acceptors (Lipinski definition) is 5. The number of nitrogens with zero attached hydrogens (tertiary/aromatic N) is 2. The molecule has 4 N–H and O–H groups in total. The first-order chi connectivity index (χ1) is 10.5. The lowest BCUT2D eigenvalue weighted by Crippen LogP contribution is -2.42. The van der Waals surface area contributed by atoms with Gasteiger partial charge >= 0.3 is 0 Å². The van der Waals surface area contributed by atoms with E-state index in [1.54, 1.807) is 6.20 Å². The van der Waals surface area contributed by atoms with Gasteiger partial charge in [-0.25, -0.2) is 4.98 Å². The molecule has 6 nitrogen and oxygen atoms in total. The van der Waals surface area contributed by atoms with E-state index in [-0.39, 0.29) is 5.78 Å². The number of fused-ring (bicyclic) bond motifs is 2. The Labute approximate surface area is 131 Å². The zero-order chi connectivity index (χ0) is 15.5. The first-order valence-corrected chi connectivity index (χ1v) is 8.09. The van der Waals surface area contributed by atoms with Crippen LogP contribution >= 0.6 is 11.3 Å². The number of Topliss-reactive ketones (excluding diaryl/α,β-unsaturated/α-hetero) is 1. The van der Waals surface area contributed by atoms with Crippen LogP contribution in [-0.2, 0) is 19.4 Å². The molecule has 22 heavy (non-hydrogen) atoms. The van der Waals surface area contributed by atoms with Crippen molar-refractivity contribution in [2.24, 2.45) is 11.1 Å². The number of ketones is 1. The first kappa shape index (κ1) is 13.5. The summed E-state index contributed by atoms with van der Waals surface area (Å²) in [5.41, 5.74) is 12.4. The lowest BCUT2D eigenvalue weighted by Gasteiger charge is -2.38. The average Bonchev–Trinajstić information content (AvgIpc) is 3.06. The minimum absolute atomic E-state index is 0.113. The number of carbonyl (C=O) groups is 2. The Morgan fingerprint density at radius 3 is 3.00 bits per heavy atom. The van der Waals surface area contributed by atoms with E-state index in [4.69, 9.17) is 11.5 Å². The maximum Gasteiger partial charge on any atom is 0.251 e. The van der Waals surface area contributed by atoms with Crippen LogP contribution in [0.15, 0.2) is 12.4 Å². The van der Waals surface area contributed by atoms with Gasteiger partial charge in [-0.1, -0.05) is 0 Å². The molecule has 3 heterocycles. The predicted octanol–water partition coefficient (Wildman–Crippen LogP) is 1.39. The number of nitrogens with two attached hydrogens (primary N) is 2. The maximum absolute atomic E-state index is 12.9. The van der Waals surface area contributed by atoms with E-state index in [1.807, 2.05) is 10.8 Å². The number of anilines is 1. The summed E-state index contributed by atoms with van der Waals surface area (Å²) < 4.78 is 1.92. The molecule has 2 aromatic rings. The SMILES string of the molecule is NC(=O)c1c(N)sc2c1CCC1(CCn3ccnc3C1=O)C2. The quantitative estimate of drug-likeness (QED) is 0.829. The molecule has 0 saturated carbocycles. The van der Waals surface area contributed by atoms with Crippen LogP contribution in [0, 0.1) is 5.41 Å². The highest BCUT2D eigenvalue weighted by atomic mass is 32.1. The molecule has 1 spiro atoms. The van der Waals surface area contributed by atoms with Crippen molar-refractivity contribution < 1.29 is 9.59 Å². The molecular weight excluding hydrogens is 300 g/mol. The molecule has 1 aliphatic carbocycles. The summed E-state index contributed by atoms with van der Waals surface area (Å²) in [5.74, 6) is 0.188. The average molecular weight is 316 g/mol. The van der Waals surface area contributed by atoms with Crippen LogP contribution in [0.3, 0.4) is 0 Å². The predicted molar refractivity (Wildman–Crippen MR) is 82.9 cm³/mol. The van der Waals surface area contributed by atoms with Crippen LogP contribution in [-0.4, -0.2) is 21.2 Å². The molecule has 0 radical (unpaired) electrons. The summed E-state index contributed by atoms with van der Waals surface area (Å²) in [5, 5.41) is 0.472. The van der Waals surface area contributed by atoms with Gasteiger partial charge in [-0.05, 0) is 31.2 Å². The largest absolute Gasteiger partial charge is 0.390 e. The van der Waals surface area contributed by atoms with Crippen molar-refractivity contribution in [3.8, 4) is 0 Å². The summed E-state index contributed by atoms with van der Waals surface area (Å²) in [4.78, 5) is 29.7. The van der Waals surface area contributed by atoms with E-state index in [2.05, 4.69) is 4.98 Å². The molecule has 2 aromatic heterocycles. The topological polar surface area (TPSA) is 104 Å². The monoisotopic (exact) mass is 316 g/mol. The summed E-state index contributed by atoms with van der Waals surface area (Å²) >= 11 is 1.40. The molecule has 7 heteroatoms. The van der Waals surface area contributed by atoms with Gasteiger partial charge < -0.3 is 16.0 Å². The Morgan fingerprint density at radius 2 is 2.23 bits per heavy atom. The second kappa shape index (κ2) is 4.42. The van der Waals surface area contributed by atoms with Crippen molar-refractivity contribution in [1.29, 1.82) is 0 Å². The Morgan fingerprint density at radius 1 is 1.41 bits per heavy atom. The van der Waals surface area contributed by atoms with E-state index in [9.17, 15) is 9.59 Å². The van der Waals surface area contributed by atoms with Crippen molar-refractivity contribution >= 4 is 28.0 Å². The minimum atomic E-state index is -0.475. The van der Waals surface area contributed by atoms with Crippen molar-refractivity contribution in [3.63, 3.8) is 0 Å². The van der Waals surface area contributed by atoms with Crippen molar-refractivity contribution in [3.05, 3.63) is 34.2 Å². The lowest BCUT2D eigenvalue weighted by molar-refractivity contribution is 0.0680. The van der Waals surface area contributed by atoms with Gasteiger partial charge in [0, 0.05) is 29.2 Å². The van der Waals surface area contributed by atoms with Gasteiger partial charge in [-0.2, -0.15) is 0 Å². The number of amides is 1. The molecular formula is C15H16N4O2S. The number of aryl methyl sites for hydroxylation is 1. The number of hydrogen-bond donors (Lipinski definition) is 2. The highest BCUT2D eigenvalue weighted by Crippen LogP contribution is 2.47. The van der Waals surface area contributed by atoms with Crippen LogP contribution in [0.2, 0.25) is 0 Å². The van der Waals surface area contributed by atoms with Crippen LogP contribution in [0.25, 0.3) is 0 Å². The second-order valence-electron chi connectivity index (χ2n) is 6.09. The van der Waals surface area contributed by atoms with Gasteiger partial charge in [0.1, 0.15) is 0 Å². The fraction of sp³-hybridized carbons (Fsp3) is 0.400. The zero-order valence-electron chi connectivity index (χ0n) is 12.0. The molecule has 0 saturated heterocycles. The van der Waals surface area contributed by atoms with Gasteiger partial charge in [-0.3, -0.25) is 9.59 Å². The van der Waals surface area contributed by atoms with E-state index < -0.39 is 11.3 Å². The van der Waals surface area contributed by atoms with Crippen molar-refractivity contribution in [1.82, 2.24) is 9.55 Å². The molecule has 2 aliphatic rings. The summed E-state index contributed by atoms with van der Waals surface area (Å²) in [6.07, 6.45) is 6.36. The van der Waals surface area contributed by atoms with Crippen molar-refractivity contribution in [2.75, 3.05) is 5.73 Å². The van der Waals surface area contributed by atoms with Crippen LogP contribution in [0.5, 0.6) is 0 Å². The fourth-order valence-electron chi connectivity index (χ4n) is 3.76. The van der Waals surface area contributed by atoms with Crippen molar-refractivity contribution in [2.45, 2.75) is 32.2 Å². The van der Waals surface area contributed by atoms with E-state index in [1.165, 1.54) is 11.3 Å². The zero-order valence-corrected chi connectivity index (χ0v) is 12.8. The van der Waals surface area contributed by atoms with Gasteiger partial charge in [0.05, 0.1) is 10.6 Å². The second-order valence-corrected chi connectivity index (χ2v) is 7.22. The number of rotatable bonds is 1. The molecule has 4 rings (SSSR count). The Bertz CT molecular complexity index is 807. The third-order valence-electron chi connectivity index (χ3n) is 4.95. The Kier molecular flexibility index (Phi) is 2.72. The smallest absolute Gasteiger partial charge is 0.251 e. The lowest BCUT2D eigenvalue weighted by atomic mass is 9.67. The molecule has 0 aromatic carbocycles. The Hall–Kier alpha value is -2.15. The summed E-state index contributed by atoms with van der Waals surface area (Å²) in [6, 6.07) is 0. The normalized spacial score (nSPS) is 23.4. The molecule has 0 fully saturated rings. The number of nitrogen functional groups attached to an aromatic ring is 1. The minimum Gasteiger partial charge on any atom is -0.390 e. The van der Waals surface area contributed by atoms with Gasteiger partial charge in [0.15, 0.2) is 5.82 Å². The molecule has 1 atom stereocenters. The highest BCUT2D eigenvalue weighted by Gasteiger charge is 2.46. The van der Waals surface area contributed by atoms with Crippen LogP contribution in [0.1, 0.15) is 44.3 Å². The summed E-state index contributed by atoms with van der Waals surface area (Å²) in [7, 11) is 0. The Balaban J connectivity index is 1.75. The highest BCUT2D eigenvalue weighted by molar-refractivity contribution is 7.16. The number of thiophene rings is 1. The van der Waals surface area contributed by atoms with E-state index >= 15 is 0 Å². The van der Waals surface area contributed by atoms with E-state index in [0.717, 1.165) is 29.8 Å². The number of imidazole rings is 1. The molecule has 1 amide bonds. The maximum atomic E-state index is 12.9. The first-order valence-electron chi connectivity index (χ1n) is 7.27.